The summed E-state index contributed by atoms with van der Waals surface area (Å²) in [6.45, 7) is 1.68. The molecule has 0 spiro atoms. The van der Waals surface area contributed by atoms with Crippen LogP contribution in [0.25, 0.3) is 10.8 Å². The number of nitrogens with zero attached hydrogens (tertiary/aromatic N) is 2. The fraction of sp³-hybridized carbons (Fsp3) is 0.207. The lowest BCUT2D eigenvalue weighted by Gasteiger charge is -2.26. The van der Waals surface area contributed by atoms with Crippen molar-refractivity contribution in [3.63, 3.8) is 0 Å². The van der Waals surface area contributed by atoms with E-state index in [0.717, 1.165) is 25.1 Å². The molecule has 0 radical (unpaired) electrons. The van der Waals surface area contributed by atoms with Gasteiger partial charge in [0.1, 0.15) is 0 Å². The minimum atomic E-state index is -4.19. The van der Waals surface area contributed by atoms with Gasteiger partial charge in [-0.05, 0) is 47.5 Å². The Morgan fingerprint density at radius 1 is 0.902 bits per heavy atom. The predicted octanol–water partition coefficient (Wildman–Crippen LogP) is 4.70. The van der Waals surface area contributed by atoms with Gasteiger partial charge < -0.3 is 4.74 Å². The summed E-state index contributed by atoms with van der Waals surface area (Å²) in [6.07, 6.45) is -2.16. The Morgan fingerprint density at radius 3 is 2.24 bits per heavy atom. The third-order valence-electron chi connectivity index (χ3n) is 6.75. The van der Waals surface area contributed by atoms with Gasteiger partial charge in [0.15, 0.2) is 6.23 Å². The smallest absolute Gasteiger partial charge is 0.424 e. The quantitative estimate of drug-likeness (QED) is 0.221. The number of hydrazine groups is 1. The zero-order valence-corrected chi connectivity index (χ0v) is 24.6. The molecule has 1 aliphatic rings. The number of amides is 1. The van der Waals surface area contributed by atoms with Crippen LogP contribution in [0.15, 0.2) is 107 Å². The molecule has 5 rings (SSSR count). The van der Waals surface area contributed by atoms with Crippen LogP contribution < -0.4 is 5.43 Å². The van der Waals surface area contributed by atoms with E-state index in [9.17, 15) is 21.6 Å². The normalized spacial score (nSPS) is 18.0. The van der Waals surface area contributed by atoms with E-state index in [1.807, 2.05) is 31.2 Å². The van der Waals surface area contributed by atoms with Gasteiger partial charge in [0.2, 0.25) is 10.0 Å². The highest BCUT2D eigenvalue weighted by Gasteiger charge is 2.42. The molecule has 4 aromatic carbocycles. The second-order valence-corrected chi connectivity index (χ2v) is 14.2. The maximum atomic E-state index is 13.6. The van der Waals surface area contributed by atoms with Crippen LogP contribution in [0.3, 0.4) is 0 Å². The van der Waals surface area contributed by atoms with E-state index in [4.69, 9.17) is 4.74 Å². The van der Waals surface area contributed by atoms with Crippen molar-refractivity contribution in [1.82, 2.24) is 14.1 Å². The number of sulfonamides is 2. The molecule has 1 fully saturated rings. The van der Waals surface area contributed by atoms with Gasteiger partial charge in [-0.25, -0.2) is 27.1 Å². The first-order valence-electron chi connectivity index (χ1n) is 12.8. The van der Waals surface area contributed by atoms with Crippen molar-refractivity contribution >= 4 is 49.5 Å². The van der Waals surface area contributed by atoms with Crippen molar-refractivity contribution in [2.75, 3.05) is 6.54 Å². The molecular weight excluding hydrogens is 583 g/mol. The molecule has 1 aliphatic heterocycles. The molecule has 1 amide bonds. The summed E-state index contributed by atoms with van der Waals surface area (Å²) in [5.74, 6) is 0. The van der Waals surface area contributed by atoms with E-state index in [1.165, 1.54) is 18.2 Å². The summed E-state index contributed by atoms with van der Waals surface area (Å²) in [5, 5.41) is 1.25. The number of carbonyl (C=O) groups excluding carboxylic acids is 1. The number of aryl methyl sites for hydroxylation is 1. The number of rotatable bonds is 8. The van der Waals surface area contributed by atoms with Gasteiger partial charge in [-0.15, -0.1) is 4.41 Å². The predicted molar refractivity (Wildman–Crippen MR) is 159 cm³/mol. The second kappa shape index (κ2) is 11.8. The average Bonchev–Trinajstić information content (AvgIpc) is 3.33. The zero-order valence-electron chi connectivity index (χ0n) is 22.1. The highest BCUT2D eigenvalue weighted by Crippen LogP contribution is 2.31. The summed E-state index contributed by atoms with van der Waals surface area (Å²) >= 11 is 4.45. The Bertz CT molecular complexity index is 1760. The average molecular weight is 612 g/mol. The molecule has 9 nitrogen and oxygen atoms in total. The highest BCUT2D eigenvalue weighted by molar-refractivity contribution is 7.89. The van der Waals surface area contributed by atoms with Crippen molar-refractivity contribution in [3.8, 4) is 0 Å². The summed E-state index contributed by atoms with van der Waals surface area (Å²) in [7, 11) is -8.25. The molecule has 0 bridgehead atoms. The lowest BCUT2D eigenvalue weighted by molar-refractivity contribution is 0.0426. The van der Waals surface area contributed by atoms with Crippen LogP contribution in [-0.4, -0.2) is 49.7 Å². The molecule has 0 saturated carbocycles. The molecule has 4 aromatic rings. The zero-order chi connectivity index (χ0) is 29.2. The molecule has 1 heterocycles. The molecule has 41 heavy (non-hydrogen) atoms. The molecule has 1 saturated heterocycles. The van der Waals surface area contributed by atoms with Crippen molar-refractivity contribution < 1.29 is 26.4 Å². The van der Waals surface area contributed by atoms with E-state index in [0.29, 0.717) is 5.56 Å². The number of thiol groups is 1. The topological polar surface area (TPSA) is 113 Å². The van der Waals surface area contributed by atoms with Crippen molar-refractivity contribution in [1.29, 1.82) is 0 Å². The van der Waals surface area contributed by atoms with Gasteiger partial charge in [0.25, 0.3) is 10.0 Å². The number of benzene rings is 4. The maximum Gasteiger partial charge on any atom is 0.424 e. The van der Waals surface area contributed by atoms with E-state index >= 15 is 0 Å². The summed E-state index contributed by atoms with van der Waals surface area (Å²) in [4.78, 5) is 13.2. The van der Waals surface area contributed by atoms with Gasteiger partial charge in [-0.3, -0.25) is 0 Å². The molecule has 214 valence electrons. The van der Waals surface area contributed by atoms with Crippen LogP contribution in [0.1, 0.15) is 17.5 Å². The molecule has 0 unspecified atom stereocenters. The first kappa shape index (κ1) is 29.1. The number of ether oxygens (including phenoxy) is 1. The van der Waals surface area contributed by atoms with Crippen LogP contribution in [-0.2, 0) is 31.3 Å². The molecular formula is C29H29N3O6S3. The Kier molecular flexibility index (Phi) is 8.39. The van der Waals surface area contributed by atoms with Crippen LogP contribution in [0.4, 0.5) is 4.79 Å². The molecule has 1 N–H and O–H groups in total. The molecule has 0 aromatic heterocycles. The van der Waals surface area contributed by atoms with Crippen molar-refractivity contribution in [2.24, 2.45) is 0 Å². The lowest BCUT2D eigenvalue weighted by atomic mass is 10.1. The molecule has 2 atom stereocenters. The standard InChI is InChI=1S/C29H29N3O6S3/c1-21-11-14-26(15-12-21)41(36,37)32(19-22-7-3-2-4-8-22)30-29(33)38-28-18-25(39)20-31(28)40(34,35)27-16-13-23-9-5-6-10-24(23)17-27/h2-17,25,28,39H,18-20H2,1H3,(H,30,33)/t25-,28+/m1/s1. The number of hydrogen-bond acceptors (Lipinski definition) is 7. The van der Waals surface area contributed by atoms with Gasteiger partial charge in [0, 0.05) is 18.2 Å². The van der Waals surface area contributed by atoms with Gasteiger partial charge in [-0.1, -0.05) is 78.4 Å². The molecule has 0 aliphatic carbocycles. The van der Waals surface area contributed by atoms with Crippen LogP contribution in [0, 0.1) is 6.92 Å². The Balaban J connectivity index is 1.38. The van der Waals surface area contributed by atoms with Crippen molar-refractivity contribution in [3.05, 3.63) is 108 Å². The second-order valence-electron chi connectivity index (χ2n) is 9.76. The van der Waals surface area contributed by atoms with Gasteiger partial charge in [-0.2, -0.15) is 16.9 Å². The number of hydrogen-bond donors (Lipinski definition) is 2. The Morgan fingerprint density at radius 2 is 1.54 bits per heavy atom. The monoisotopic (exact) mass is 611 g/mol. The van der Waals surface area contributed by atoms with Gasteiger partial charge >= 0.3 is 6.09 Å². The van der Waals surface area contributed by atoms with E-state index < -0.39 is 32.4 Å². The van der Waals surface area contributed by atoms with Crippen LogP contribution in [0.5, 0.6) is 0 Å². The maximum absolute atomic E-state index is 13.6. The minimum absolute atomic E-state index is 0.0175. The lowest BCUT2D eigenvalue weighted by Crippen LogP contribution is -2.48. The van der Waals surface area contributed by atoms with Crippen LogP contribution in [0.2, 0.25) is 0 Å². The largest absolute Gasteiger partial charge is 0.428 e. The van der Waals surface area contributed by atoms with Gasteiger partial charge in [0.05, 0.1) is 16.3 Å². The van der Waals surface area contributed by atoms with E-state index in [1.54, 1.807) is 54.6 Å². The molecule has 12 heteroatoms. The summed E-state index contributed by atoms with van der Waals surface area (Å²) in [6, 6.07) is 27.2. The fourth-order valence-corrected chi connectivity index (χ4v) is 7.91. The van der Waals surface area contributed by atoms with E-state index in [-0.39, 0.29) is 34.6 Å². The summed E-state index contributed by atoms with van der Waals surface area (Å²) < 4.78 is 61.7. The van der Waals surface area contributed by atoms with Crippen molar-refractivity contribution in [2.45, 2.75) is 41.2 Å². The Labute approximate surface area is 245 Å². The third kappa shape index (κ3) is 6.41. The highest BCUT2D eigenvalue weighted by atomic mass is 32.2. The summed E-state index contributed by atoms with van der Waals surface area (Å²) in [5.41, 5.74) is 3.84. The fourth-order valence-electron chi connectivity index (χ4n) is 4.60. The Hall–Kier alpha value is -3.42. The van der Waals surface area contributed by atoms with Crippen LogP contribution >= 0.6 is 12.6 Å². The minimum Gasteiger partial charge on any atom is -0.428 e. The number of carbonyl (C=O) groups is 1. The number of fused-ring (bicyclic) bond motifs is 1. The van der Waals surface area contributed by atoms with E-state index in [2.05, 4.69) is 18.1 Å². The number of nitrogens with one attached hydrogen (secondary N) is 1. The first-order valence-corrected chi connectivity index (χ1v) is 16.2. The third-order valence-corrected chi connectivity index (χ3v) is 10.6. The first-order chi connectivity index (χ1) is 19.5. The SMILES string of the molecule is Cc1ccc(S(=O)(=O)N(Cc2ccccc2)NC(=O)O[C@H]2C[C@@H](S)CN2S(=O)(=O)c2ccc3ccccc3c2)cc1.